The third-order valence-corrected chi connectivity index (χ3v) is 3.63. The van der Waals surface area contributed by atoms with Crippen LogP contribution in [0.5, 0.6) is 0 Å². The molecule has 0 aliphatic rings. The fourth-order valence-corrected chi connectivity index (χ4v) is 2.41. The van der Waals surface area contributed by atoms with E-state index >= 15 is 0 Å². The highest BCUT2D eigenvalue weighted by atomic mass is 19.4. The van der Waals surface area contributed by atoms with Crippen LogP contribution >= 0.6 is 0 Å². The van der Waals surface area contributed by atoms with Gasteiger partial charge >= 0.3 is 12.3 Å². The van der Waals surface area contributed by atoms with Gasteiger partial charge in [-0.25, -0.2) is 14.5 Å². The predicted molar refractivity (Wildman–Crippen MR) is 97.4 cm³/mol. The zero-order valence-electron chi connectivity index (χ0n) is 16.5. The first-order chi connectivity index (χ1) is 12.8. The van der Waals surface area contributed by atoms with E-state index in [1.165, 1.54) is 17.8 Å². The Balaban J connectivity index is 2.30. The van der Waals surface area contributed by atoms with Gasteiger partial charge in [0.2, 0.25) is 0 Å². The van der Waals surface area contributed by atoms with Gasteiger partial charge in [-0.2, -0.15) is 18.3 Å². The van der Waals surface area contributed by atoms with Gasteiger partial charge in [0.1, 0.15) is 0 Å². The first kappa shape index (κ1) is 21.4. The van der Waals surface area contributed by atoms with Gasteiger partial charge in [0, 0.05) is 16.8 Å². The summed E-state index contributed by atoms with van der Waals surface area (Å²) in [5, 5.41) is 10.5. The predicted octanol–water partition coefficient (Wildman–Crippen LogP) is 4.15. The van der Waals surface area contributed by atoms with Crippen molar-refractivity contribution >= 4 is 11.8 Å². The first-order valence-electron chi connectivity index (χ1n) is 8.43. The summed E-state index contributed by atoms with van der Waals surface area (Å²) in [5.41, 5.74) is 0.297. The average molecular weight is 397 g/mol. The molecule has 0 bridgehead atoms. The van der Waals surface area contributed by atoms with Gasteiger partial charge in [-0.15, -0.1) is 0 Å². The largest absolute Gasteiger partial charge is 0.433 e. The van der Waals surface area contributed by atoms with Crippen molar-refractivity contribution in [3.8, 4) is 5.82 Å². The quantitative estimate of drug-likeness (QED) is 0.479. The minimum absolute atomic E-state index is 0.0373. The molecule has 0 saturated heterocycles. The first-order valence-corrected chi connectivity index (χ1v) is 8.43. The molecule has 2 heterocycles. The molecule has 152 valence electrons. The maximum absolute atomic E-state index is 13.1. The standard InChI is InChI=1S/C18H22F3N5O2/c1-10-7-13(18(19,20)21)8-15(23-10)26-12(3)14(9-22-26)11(2)25-28-16(27)24-17(4,5)6/h7-9H,1-6H3,(H,24,27). The molecule has 0 unspecified atom stereocenters. The van der Waals surface area contributed by atoms with Crippen LogP contribution in [0.3, 0.4) is 0 Å². The molecule has 0 aromatic carbocycles. The van der Waals surface area contributed by atoms with Crippen LogP contribution in [0.1, 0.15) is 50.2 Å². The molecule has 1 amide bonds. The van der Waals surface area contributed by atoms with Gasteiger partial charge in [0.15, 0.2) is 5.82 Å². The molecule has 0 spiro atoms. The van der Waals surface area contributed by atoms with E-state index in [-0.39, 0.29) is 11.5 Å². The van der Waals surface area contributed by atoms with Crippen LogP contribution in [0, 0.1) is 13.8 Å². The van der Waals surface area contributed by atoms with Gasteiger partial charge in [0.05, 0.1) is 23.2 Å². The highest BCUT2D eigenvalue weighted by molar-refractivity contribution is 5.99. The number of amides is 1. The summed E-state index contributed by atoms with van der Waals surface area (Å²) in [6.07, 6.45) is -3.78. The van der Waals surface area contributed by atoms with Crippen LogP contribution in [0.15, 0.2) is 23.5 Å². The Hall–Kier alpha value is -2.91. The third kappa shape index (κ3) is 5.30. The number of hydrogen-bond acceptors (Lipinski definition) is 5. The summed E-state index contributed by atoms with van der Waals surface area (Å²) < 4.78 is 40.5. The molecular formula is C18H22F3N5O2. The third-order valence-electron chi connectivity index (χ3n) is 3.63. The highest BCUT2D eigenvalue weighted by Gasteiger charge is 2.31. The second-order valence-electron chi connectivity index (χ2n) is 7.34. The molecule has 7 nitrogen and oxygen atoms in total. The number of oxime groups is 1. The van der Waals surface area contributed by atoms with Crippen molar-refractivity contribution in [3.05, 3.63) is 40.8 Å². The monoisotopic (exact) mass is 397 g/mol. The number of aryl methyl sites for hydroxylation is 1. The van der Waals surface area contributed by atoms with Crippen LogP contribution < -0.4 is 5.32 Å². The molecule has 0 aliphatic carbocycles. The smallest absolute Gasteiger partial charge is 0.315 e. The van der Waals surface area contributed by atoms with Crippen molar-refractivity contribution in [2.45, 2.75) is 53.3 Å². The summed E-state index contributed by atoms with van der Waals surface area (Å²) in [6.45, 7) is 10.1. The zero-order chi connectivity index (χ0) is 21.3. The normalized spacial score (nSPS) is 12.8. The fraction of sp³-hybridized carbons (Fsp3) is 0.444. The molecule has 2 aromatic rings. The number of hydrogen-bond donors (Lipinski definition) is 1. The Morgan fingerprint density at radius 3 is 2.43 bits per heavy atom. The number of pyridine rings is 1. The van der Waals surface area contributed by atoms with Crippen molar-refractivity contribution in [2.75, 3.05) is 0 Å². The maximum Gasteiger partial charge on any atom is 0.433 e. The lowest BCUT2D eigenvalue weighted by atomic mass is 10.1. The topological polar surface area (TPSA) is 81.4 Å². The molecule has 10 heteroatoms. The average Bonchev–Trinajstić information content (AvgIpc) is 2.91. The molecule has 0 fully saturated rings. The molecular weight excluding hydrogens is 375 g/mol. The SMILES string of the molecule is CC(=NOC(=O)NC(C)(C)C)c1cnn(-c2cc(C(F)(F)F)cc(C)n2)c1C. The van der Waals surface area contributed by atoms with Crippen LogP contribution in [0.25, 0.3) is 5.82 Å². The summed E-state index contributed by atoms with van der Waals surface area (Å²) in [7, 11) is 0. The summed E-state index contributed by atoms with van der Waals surface area (Å²) in [5.74, 6) is 0.0373. The number of nitrogens with zero attached hydrogens (tertiary/aromatic N) is 4. The van der Waals surface area contributed by atoms with Gasteiger partial charge in [-0.1, -0.05) is 5.16 Å². The second kappa shape index (κ2) is 7.61. The van der Waals surface area contributed by atoms with E-state index < -0.39 is 23.4 Å². The number of rotatable bonds is 3. The molecule has 0 saturated carbocycles. The fourth-order valence-electron chi connectivity index (χ4n) is 2.41. The number of alkyl halides is 3. The molecule has 1 N–H and O–H groups in total. The molecule has 2 aromatic heterocycles. The van der Waals surface area contributed by atoms with E-state index in [0.717, 1.165) is 12.1 Å². The van der Waals surface area contributed by atoms with E-state index in [1.54, 1.807) is 34.6 Å². The van der Waals surface area contributed by atoms with Crippen molar-refractivity contribution in [1.29, 1.82) is 0 Å². The number of nitrogens with one attached hydrogen (secondary N) is 1. The minimum atomic E-state index is -4.49. The van der Waals surface area contributed by atoms with Gasteiger partial charge < -0.3 is 5.32 Å². The lowest BCUT2D eigenvalue weighted by Crippen LogP contribution is -2.40. The van der Waals surface area contributed by atoms with Crippen LogP contribution in [-0.4, -0.2) is 32.1 Å². The Kier molecular flexibility index (Phi) is 5.81. The maximum atomic E-state index is 13.1. The van der Waals surface area contributed by atoms with Crippen molar-refractivity contribution in [1.82, 2.24) is 20.1 Å². The van der Waals surface area contributed by atoms with E-state index in [9.17, 15) is 18.0 Å². The Bertz CT molecular complexity index is 911. The van der Waals surface area contributed by atoms with Crippen LogP contribution in [0.2, 0.25) is 0 Å². The van der Waals surface area contributed by atoms with Crippen LogP contribution in [0.4, 0.5) is 18.0 Å². The number of aromatic nitrogens is 3. The number of carbonyl (C=O) groups excluding carboxylic acids is 1. The second-order valence-corrected chi connectivity index (χ2v) is 7.34. The lowest BCUT2D eigenvalue weighted by molar-refractivity contribution is -0.137. The van der Waals surface area contributed by atoms with Crippen molar-refractivity contribution in [3.63, 3.8) is 0 Å². The van der Waals surface area contributed by atoms with Crippen molar-refractivity contribution in [2.24, 2.45) is 5.16 Å². The minimum Gasteiger partial charge on any atom is -0.315 e. The Morgan fingerprint density at radius 2 is 1.86 bits per heavy atom. The summed E-state index contributed by atoms with van der Waals surface area (Å²) in [6, 6.07) is 1.90. The lowest BCUT2D eigenvalue weighted by Gasteiger charge is -2.18. The van der Waals surface area contributed by atoms with Gasteiger partial charge in [0.25, 0.3) is 0 Å². The summed E-state index contributed by atoms with van der Waals surface area (Å²) >= 11 is 0. The van der Waals surface area contributed by atoms with Gasteiger partial charge in [-0.05, 0) is 53.7 Å². The molecule has 0 radical (unpaired) electrons. The van der Waals surface area contributed by atoms with E-state index in [0.29, 0.717) is 17.0 Å². The highest BCUT2D eigenvalue weighted by Crippen LogP contribution is 2.30. The Morgan fingerprint density at radius 1 is 1.21 bits per heavy atom. The molecule has 2 rings (SSSR count). The van der Waals surface area contributed by atoms with E-state index in [1.807, 2.05) is 0 Å². The zero-order valence-corrected chi connectivity index (χ0v) is 16.5. The van der Waals surface area contributed by atoms with E-state index in [4.69, 9.17) is 4.84 Å². The molecule has 0 atom stereocenters. The summed E-state index contributed by atoms with van der Waals surface area (Å²) in [4.78, 5) is 20.7. The van der Waals surface area contributed by atoms with Gasteiger partial charge in [-0.3, -0.25) is 4.84 Å². The number of halogens is 3. The molecule has 0 aliphatic heterocycles. The molecule has 28 heavy (non-hydrogen) atoms. The van der Waals surface area contributed by atoms with Crippen molar-refractivity contribution < 1.29 is 22.8 Å². The Labute approximate surface area is 160 Å². The number of carbonyl (C=O) groups is 1. The van der Waals surface area contributed by atoms with E-state index in [2.05, 4.69) is 20.6 Å². The van der Waals surface area contributed by atoms with Crippen LogP contribution in [-0.2, 0) is 11.0 Å².